The molecule has 0 fully saturated rings. The normalized spacial score (nSPS) is 22.8. The average molecular weight is 354 g/mol. The quantitative estimate of drug-likeness (QED) is 0.876. The van der Waals surface area contributed by atoms with Crippen LogP contribution in [0.3, 0.4) is 0 Å². The summed E-state index contributed by atoms with van der Waals surface area (Å²) >= 11 is 3.76. The number of rotatable bonds is 3. The van der Waals surface area contributed by atoms with Crippen LogP contribution in [0.4, 0.5) is 0 Å². The largest absolute Gasteiger partial charge is 0.490 e. The summed E-state index contributed by atoms with van der Waals surface area (Å²) in [5.41, 5.74) is 2.82. The molecule has 0 aromatic heterocycles. The third-order valence-electron chi connectivity index (χ3n) is 4.41. The molecule has 1 atom stereocenters. The second kappa shape index (κ2) is 5.81. The molecule has 1 heterocycles. The molecule has 3 rings (SSSR count). The van der Waals surface area contributed by atoms with Gasteiger partial charge in [-0.3, -0.25) is 0 Å². The number of halogens is 1. The zero-order chi connectivity index (χ0) is 15.0. The predicted molar refractivity (Wildman–Crippen MR) is 88.4 cm³/mol. The lowest BCUT2D eigenvalue weighted by Crippen LogP contribution is -2.22. The van der Waals surface area contributed by atoms with Crippen molar-refractivity contribution in [2.45, 2.75) is 51.5 Å². The first-order chi connectivity index (χ1) is 10.0. The molecule has 2 aliphatic rings. The molecule has 0 bridgehead atoms. The summed E-state index contributed by atoms with van der Waals surface area (Å²) in [5.74, 6) is 1.85. The number of hydrogen-bond acceptors (Lipinski definition) is 3. The minimum absolute atomic E-state index is 0.143. The van der Waals surface area contributed by atoms with Gasteiger partial charge in [-0.2, -0.15) is 0 Å². The zero-order valence-electron chi connectivity index (χ0n) is 13.1. The lowest BCUT2D eigenvalue weighted by molar-refractivity contribution is 0.295. The Kier molecular flexibility index (Phi) is 4.19. The summed E-state index contributed by atoms with van der Waals surface area (Å²) in [6, 6.07) is 2.44. The number of fused-ring (bicyclic) bond motifs is 3. The third kappa shape index (κ3) is 2.68. The van der Waals surface area contributed by atoms with Crippen LogP contribution in [0.15, 0.2) is 10.5 Å². The fraction of sp³-hybridized carbons (Fsp3) is 0.647. The number of benzene rings is 1. The molecule has 1 N–H and O–H groups in total. The summed E-state index contributed by atoms with van der Waals surface area (Å²) in [6.45, 7) is 9.33. The molecule has 1 aromatic rings. The van der Waals surface area contributed by atoms with Crippen molar-refractivity contribution in [3.05, 3.63) is 21.7 Å². The fourth-order valence-electron chi connectivity index (χ4n) is 3.53. The maximum Gasteiger partial charge on any atom is 0.166 e. The van der Waals surface area contributed by atoms with E-state index in [-0.39, 0.29) is 5.41 Å². The Bertz CT molecular complexity index is 542. The highest BCUT2D eigenvalue weighted by molar-refractivity contribution is 9.10. The van der Waals surface area contributed by atoms with Crippen molar-refractivity contribution in [2.75, 3.05) is 19.8 Å². The van der Waals surface area contributed by atoms with E-state index in [2.05, 4.69) is 48.1 Å². The number of ether oxygens (including phenoxy) is 2. The van der Waals surface area contributed by atoms with E-state index in [1.807, 2.05) is 0 Å². The number of hydrogen-bond donors (Lipinski definition) is 1. The second-order valence-electron chi connectivity index (χ2n) is 6.62. The highest BCUT2D eigenvalue weighted by Gasteiger charge is 2.42. The summed E-state index contributed by atoms with van der Waals surface area (Å²) in [6.07, 6.45) is 3.18. The Hall–Kier alpha value is -0.740. The van der Waals surface area contributed by atoms with Crippen molar-refractivity contribution in [3.8, 4) is 11.5 Å². The monoisotopic (exact) mass is 353 g/mol. The fourth-order valence-corrected chi connectivity index (χ4v) is 4.48. The van der Waals surface area contributed by atoms with Crippen molar-refractivity contribution in [1.82, 2.24) is 5.32 Å². The van der Waals surface area contributed by atoms with E-state index in [0.29, 0.717) is 6.04 Å². The second-order valence-corrected chi connectivity index (χ2v) is 7.47. The number of nitrogens with one attached hydrogen (secondary N) is 1. The molecule has 4 heteroatoms. The maximum absolute atomic E-state index is 6.06. The maximum atomic E-state index is 6.06. The topological polar surface area (TPSA) is 30.5 Å². The Labute approximate surface area is 135 Å². The molecule has 1 aromatic carbocycles. The van der Waals surface area contributed by atoms with Crippen LogP contribution in [0.2, 0.25) is 0 Å². The molecular weight excluding hydrogens is 330 g/mol. The van der Waals surface area contributed by atoms with Gasteiger partial charge in [-0.25, -0.2) is 0 Å². The Balaban J connectivity index is 2.12. The zero-order valence-corrected chi connectivity index (χ0v) is 14.7. The van der Waals surface area contributed by atoms with Crippen LogP contribution < -0.4 is 14.8 Å². The summed E-state index contributed by atoms with van der Waals surface area (Å²) in [4.78, 5) is 0. The molecule has 1 aliphatic carbocycles. The van der Waals surface area contributed by atoms with Crippen LogP contribution in [0.1, 0.15) is 57.2 Å². The molecule has 1 unspecified atom stereocenters. The van der Waals surface area contributed by atoms with E-state index in [1.54, 1.807) is 0 Å². The van der Waals surface area contributed by atoms with E-state index >= 15 is 0 Å². The van der Waals surface area contributed by atoms with Gasteiger partial charge in [0.25, 0.3) is 0 Å². The van der Waals surface area contributed by atoms with E-state index in [0.717, 1.165) is 55.0 Å². The van der Waals surface area contributed by atoms with Gasteiger partial charge in [-0.15, -0.1) is 0 Å². The van der Waals surface area contributed by atoms with Crippen molar-refractivity contribution < 1.29 is 9.47 Å². The van der Waals surface area contributed by atoms with Gasteiger partial charge < -0.3 is 14.8 Å². The van der Waals surface area contributed by atoms with Crippen LogP contribution in [-0.2, 0) is 5.41 Å². The molecule has 21 heavy (non-hydrogen) atoms. The van der Waals surface area contributed by atoms with Crippen molar-refractivity contribution >= 4 is 15.9 Å². The van der Waals surface area contributed by atoms with Gasteiger partial charge in [0.05, 0.1) is 13.2 Å². The predicted octanol–water partition coefficient (Wildman–Crippen LogP) is 4.33. The smallest absolute Gasteiger partial charge is 0.166 e. The van der Waals surface area contributed by atoms with Crippen LogP contribution in [0.25, 0.3) is 0 Å². The lowest BCUT2D eigenvalue weighted by atomic mass is 9.86. The van der Waals surface area contributed by atoms with Crippen LogP contribution in [0.5, 0.6) is 11.5 Å². The highest BCUT2D eigenvalue weighted by Crippen LogP contribution is 2.54. The highest BCUT2D eigenvalue weighted by atomic mass is 79.9. The Morgan fingerprint density at radius 3 is 2.86 bits per heavy atom. The first kappa shape index (κ1) is 15.2. The molecule has 0 saturated heterocycles. The van der Waals surface area contributed by atoms with Gasteiger partial charge in [-0.1, -0.05) is 36.7 Å². The molecule has 1 aliphatic heterocycles. The van der Waals surface area contributed by atoms with Crippen molar-refractivity contribution in [3.63, 3.8) is 0 Å². The van der Waals surface area contributed by atoms with Crippen LogP contribution >= 0.6 is 15.9 Å². The molecule has 3 nitrogen and oxygen atoms in total. The minimum Gasteiger partial charge on any atom is -0.490 e. The molecule has 0 saturated carbocycles. The molecular formula is C17H24BrNO2. The van der Waals surface area contributed by atoms with Crippen LogP contribution in [0, 0.1) is 0 Å². The van der Waals surface area contributed by atoms with Gasteiger partial charge in [0.2, 0.25) is 0 Å². The Morgan fingerprint density at radius 1 is 1.33 bits per heavy atom. The average Bonchev–Trinajstić information content (AvgIpc) is 2.59. The van der Waals surface area contributed by atoms with Crippen LogP contribution in [-0.4, -0.2) is 19.8 Å². The third-order valence-corrected chi connectivity index (χ3v) is 5.03. The van der Waals surface area contributed by atoms with E-state index in [4.69, 9.17) is 9.47 Å². The first-order valence-electron chi connectivity index (χ1n) is 7.90. The SMILES string of the molecule is CCCNC1CC(C)(C)c2c(Br)cc3c(c21)OCCCO3. The van der Waals surface area contributed by atoms with Gasteiger partial charge in [0.15, 0.2) is 11.5 Å². The van der Waals surface area contributed by atoms with Crippen molar-refractivity contribution in [1.29, 1.82) is 0 Å². The summed E-state index contributed by atoms with van der Waals surface area (Å²) in [5, 5.41) is 3.68. The van der Waals surface area contributed by atoms with E-state index < -0.39 is 0 Å². The first-order valence-corrected chi connectivity index (χ1v) is 8.69. The van der Waals surface area contributed by atoms with Gasteiger partial charge in [-0.05, 0) is 36.4 Å². The minimum atomic E-state index is 0.143. The van der Waals surface area contributed by atoms with E-state index in [1.165, 1.54) is 11.1 Å². The standard InChI is InChI=1S/C17H24BrNO2/c1-4-6-19-12-10-17(2,3)15-11(18)9-13-16(14(12)15)21-8-5-7-20-13/h9,12,19H,4-8,10H2,1-3H3. The van der Waals surface area contributed by atoms with Gasteiger partial charge in [0, 0.05) is 22.5 Å². The summed E-state index contributed by atoms with van der Waals surface area (Å²) < 4.78 is 13.1. The molecule has 0 radical (unpaired) electrons. The molecule has 116 valence electrons. The molecule has 0 amide bonds. The Morgan fingerprint density at radius 2 is 2.10 bits per heavy atom. The summed E-state index contributed by atoms with van der Waals surface area (Å²) in [7, 11) is 0. The van der Waals surface area contributed by atoms with Gasteiger partial charge in [0.1, 0.15) is 0 Å². The lowest BCUT2D eigenvalue weighted by Gasteiger charge is -2.21. The van der Waals surface area contributed by atoms with Crippen molar-refractivity contribution in [2.24, 2.45) is 0 Å². The molecule has 0 spiro atoms. The van der Waals surface area contributed by atoms with E-state index in [9.17, 15) is 0 Å². The van der Waals surface area contributed by atoms with Gasteiger partial charge >= 0.3 is 0 Å².